The van der Waals surface area contributed by atoms with Gasteiger partial charge >= 0.3 is 0 Å². The quantitative estimate of drug-likeness (QED) is 0.705. The van der Waals surface area contributed by atoms with E-state index in [0.29, 0.717) is 12.8 Å². The van der Waals surface area contributed by atoms with E-state index in [4.69, 9.17) is 5.11 Å². The minimum Gasteiger partial charge on any atom is -0.396 e. The molecule has 1 unspecified atom stereocenters. The van der Waals surface area contributed by atoms with E-state index in [-0.39, 0.29) is 19.1 Å². The van der Waals surface area contributed by atoms with Crippen molar-refractivity contribution in [3.05, 3.63) is 35.4 Å². The maximum absolute atomic E-state index is 11.3. The summed E-state index contributed by atoms with van der Waals surface area (Å²) >= 11 is 0. The molecule has 0 aliphatic carbocycles. The van der Waals surface area contributed by atoms with E-state index in [1.54, 1.807) is 0 Å². The molecule has 0 fully saturated rings. The molecule has 0 radical (unpaired) electrons. The van der Waals surface area contributed by atoms with E-state index >= 15 is 0 Å². The summed E-state index contributed by atoms with van der Waals surface area (Å²) in [7, 11) is 0. The first-order chi connectivity index (χ1) is 8.53. The number of benzene rings is 1. The summed E-state index contributed by atoms with van der Waals surface area (Å²) < 4.78 is 0. The van der Waals surface area contributed by atoms with Crippen molar-refractivity contribution >= 4 is 5.91 Å². The molecule has 0 aliphatic rings. The Labute approximate surface area is 108 Å². The van der Waals surface area contributed by atoms with Gasteiger partial charge in [-0.25, -0.2) is 0 Å². The van der Waals surface area contributed by atoms with Gasteiger partial charge in [0.15, 0.2) is 0 Å². The van der Waals surface area contributed by atoms with E-state index in [0.717, 1.165) is 11.1 Å². The zero-order valence-corrected chi connectivity index (χ0v) is 10.9. The number of amides is 1. The van der Waals surface area contributed by atoms with E-state index in [9.17, 15) is 9.90 Å². The van der Waals surface area contributed by atoms with Crippen molar-refractivity contribution in [2.24, 2.45) is 0 Å². The third-order valence-corrected chi connectivity index (χ3v) is 3.06. The van der Waals surface area contributed by atoms with Crippen LogP contribution in [0, 0.1) is 0 Å². The molecule has 0 saturated heterocycles. The van der Waals surface area contributed by atoms with Gasteiger partial charge in [0.25, 0.3) is 0 Å². The second kappa shape index (κ2) is 6.52. The molecule has 3 N–H and O–H groups in total. The predicted molar refractivity (Wildman–Crippen MR) is 70.1 cm³/mol. The van der Waals surface area contributed by atoms with Gasteiger partial charge in [-0.3, -0.25) is 4.79 Å². The van der Waals surface area contributed by atoms with Gasteiger partial charge in [0.05, 0.1) is 5.54 Å². The third-order valence-electron chi connectivity index (χ3n) is 3.06. The molecule has 0 bridgehead atoms. The van der Waals surface area contributed by atoms with Gasteiger partial charge in [0.1, 0.15) is 0 Å². The SMILES string of the molecule is CC(=O)NC(C)(CCO)c1ccccc1CCO. The fourth-order valence-electron chi connectivity index (χ4n) is 2.27. The molecule has 1 aromatic rings. The highest BCUT2D eigenvalue weighted by atomic mass is 16.3. The highest BCUT2D eigenvalue weighted by Gasteiger charge is 2.28. The zero-order valence-electron chi connectivity index (χ0n) is 10.9. The number of aliphatic hydroxyl groups excluding tert-OH is 2. The van der Waals surface area contributed by atoms with Crippen LogP contribution in [0.1, 0.15) is 31.4 Å². The molecule has 1 aromatic carbocycles. The van der Waals surface area contributed by atoms with Crippen LogP contribution in [0.5, 0.6) is 0 Å². The zero-order chi connectivity index (χ0) is 13.6. The number of hydrogen-bond donors (Lipinski definition) is 3. The summed E-state index contributed by atoms with van der Waals surface area (Å²) in [5.41, 5.74) is 1.33. The Balaban J connectivity index is 3.15. The summed E-state index contributed by atoms with van der Waals surface area (Å²) in [6.07, 6.45) is 0.978. The molecule has 0 spiro atoms. The number of nitrogens with one attached hydrogen (secondary N) is 1. The molecule has 4 heteroatoms. The molecule has 1 atom stereocenters. The summed E-state index contributed by atoms with van der Waals surface area (Å²) in [6.45, 7) is 3.40. The van der Waals surface area contributed by atoms with Crippen molar-refractivity contribution in [2.75, 3.05) is 13.2 Å². The van der Waals surface area contributed by atoms with Gasteiger partial charge in [-0.15, -0.1) is 0 Å². The first-order valence-electron chi connectivity index (χ1n) is 6.12. The lowest BCUT2D eigenvalue weighted by molar-refractivity contribution is -0.121. The van der Waals surface area contributed by atoms with Crippen molar-refractivity contribution in [1.82, 2.24) is 5.32 Å². The van der Waals surface area contributed by atoms with Gasteiger partial charge in [-0.05, 0) is 30.9 Å². The minimum absolute atomic E-state index is 0.00968. The molecular weight excluding hydrogens is 230 g/mol. The van der Waals surface area contributed by atoms with E-state index in [1.165, 1.54) is 6.92 Å². The van der Waals surface area contributed by atoms with Crippen molar-refractivity contribution in [1.29, 1.82) is 0 Å². The fourth-order valence-corrected chi connectivity index (χ4v) is 2.27. The van der Waals surface area contributed by atoms with Crippen molar-refractivity contribution in [3.63, 3.8) is 0 Å². The Morgan fingerprint density at radius 2 is 1.94 bits per heavy atom. The first kappa shape index (κ1) is 14.7. The van der Waals surface area contributed by atoms with Gasteiger partial charge in [-0.1, -0.05) is 24.3 Å². The molecule has 0 heterocycles. The summed E-state index contributed by atoms with van der Waals surface area (Å²) in [5.74, 6) is -0.134. The normalized spacial score (nSPS) is 14.0. The van der Waals surface area contributed by atoms with Crippen LogP contribution in [0.15, 0.2) is 24.3 Å². The van der Waals surface area contributed by atoms with Gasteiger partial charge in [0, 0.05) is 20.1 Å². The Bertz CT molecular complexity index is 406. The van der Waals surface area contributed by atoms with Gasteiger partial charge < -0.3 is 15.5 Å². The Morgan fingerprint density at radius 3 is 2.50 bits per heavy atom. The molecule has 4 nitrogen and oxygen atoms in total. The lowest BCUT2D eigenvalue weighted by Crippen LogP contribution is -2.43. The van der Waals surface area contributed by atoms with Crippen LogP contribution in [0.2, 0.25) is 0 Å². The molecule has 0 aromatic heterocycles. The maximum Gasteiger partial charge on any atom is 0.217 e. The van der Waals surface area contributed by atoms with Crippen LogP contribution in [-0.4, -0.2) is 29.3 Å². The Kier molecular flexibility index (Phi) is 5.31. The summed E-state index contributed by atoms with van der Waals surface area (Å²) in [6, 6.07) is 7.66. The van der Waals surface area contributed by atoms with Crippen LogP contribution in [0.25, 0.3) is 0 Å². The third kappa shape index (κ3) is 3.55. The van der Waals surface area contributed by atoms with Crippen LogP contribution in [0.3, 0.4) is 0 Å². The molecule has 100 valence electrons. The highest BCUT2D eigenvalue weighted by molar-refractivity contribution is 5.74. The first-order valence-corrected chi connectivity index (χ1v) is 6.12. The van der Waals surface area contributed by atoms with Gasteiger partial charge in [0.2, 0.25) is 5.91 Å². The fraction of sp³-hybridized carbons (Fsp3) is 0.500. The number of aliphatic hydroxyl groups is 2. The largest absolute Gasteiger partial charge is 0.396 e. The van der Waals surface area contributed by atoms with Crippen LogP contribution < -0.4 is 5.32 Å². The standard InChI is InChI=1S/C14H21NO3/c1-11(18)15-14(2,8-10-17)13-6-4-3-5-12(13)7-9-16/h3-6,16-17H,7-10H2,1-2H3,(H,15,18). The molecule has 0 saturated carbocycles. The molecule has 1 amide bonds. The lowest BCUT2D eigenvalue weighted by atomic mass is 9.84. The summed E-state index contributed by atoms with van der Waals surface area (Å²) in [5, 5.41) is 21.2. The van der Waals surface area contributed by atoms with Gasteiger partial charge in [-0.2, -0.15) is 0 Å². The highest BCUT2D eigenvalue weighted by Crippen LogP contribution is 2.28. The van der Waals surface area contributed by atoms with E-state index in [2.05, 4.69) is 5.32 Å². The molecular formula is C14H21NO3. The smallest absolute Gasteiger partial charge is 0.217 e. The average Bonchev–Trinajstić information content (AvgIpc) is 2.29. The topological polar surface area (TPSA) is 69.6 Å². The minimum atomic E-state index is -0.605. The number of hydrogen-bond acceptors (Lipinski definition) is 3. The number of carbonyl (C=O) groups excluding carboxylic acids is 1. The molecule has 0 aliphatic heterocycles. The monoisotopic (exact) mass is 251 g/mol. The van der Waals surface area contributed by atoms with E-state index < -0.39 is 5.54 Å². The maximum atomic E-state index is 11.3. The molecule has 1 rings (SSSR count). The Morgan fingerprint density at radius 1 is 1.28 bits per heavy atom. The summed E-state index contributed by atoms with van der Waals surface area (Å²) in [4.78, 5) is 11.3. The average molecular weight is 251 g/mol. The van der Waals surface area contributed by atoms with Crippen molar-refractivity contribution in [2.45, 2.75) is 32.2 Å². The second-order valence-electron chi connectivity index (χ2n) is 4.62. The predicted octanol–water partition coefficient (Wildman–Crippen LogP) is 0.955. The van der Waals surface area contributed by atoms with Crippen LogP contribution in [-0.2, 0) is 16.8 Å². The van der Waals surface area contributed by atoms with Crippen LogP contribution in [0.4, 0.5) is 0 Å². The number of rotatable bonds is 6. The lowest BCUT2D eigenvalue weighted by Gasteiger charge is -2.32. The van der Waals surface area contributed by atoms with Crippen molar-refractivity contribution < 1.29 is 15.0 Å². The Hall–Kier alpha value is -1.39. The van der Waals surface area contributed by atoms with E-state index in [1.807, 2.05) is 31.2 Å². The van der Waals surface area contributed by atoms with Crippen LogP contribution >= 0.6 is 0 Å². The number of carbonyl (C=O) groups is 1. The second-order valence-corrected chi connectivity index (χ2v) is 4.62. The van der Waals surface area contributed by atoms with Crippen molar-refractivity contribution in [3.8, 4) is 0 Å². The molecule has 18 heavy (non-hydrogen) atoms.